The van der Waals surface area contributed by atoms with Crippen LogP contribution in [0.2, 0.25) is 0 Å². The highest BCUT2D eigenvalue weighted by Gasteiger charge is 2.19. The van der Waals surface area contributed by atoms with E-state index in [2.05, 4.69) is 54.1 Å². The molecule has 26 heavy (non-hydrogen) atoms. The number of pyridine rings is 1. The number of anilines is 1. The van der Waals surface area contributed by atoms with Crippen molar-refractivity contribution < 1.29 is 0 Å². The van der Waals surface area contributed by atoms with E-state index in [0.29, 0.717) is 11.9 Å². The molecule has 0 saturated carbocycles. The molecule has 0 amide bonds. The largest absolute Gasteiger partial charge is 0.382 e. The van der Waals surface area contributed by atoms with Crippen LogP contribution in [0.4, 0.5) is 5.82 Å². The molecule has 1 aliphatic rings. The van der Waals surface area contributed by atoms with Crippen molar-refractivity contribution in [2.24, 2.45) is 0 Å². The summed E-state index contributed by atoms with van der Waals surface area (Å²) in [6.45, 7) is 9.80. The number of rotatable bonds is 5. The highest BCUT2D eigenvalue weighted by atomic mass is 32.1. The monoisotopic (exact) mass is 369 g/mol. The summed E-state index contributed by atoms with van der Waals surface area (Å²) < 4.78 is 3.23. The van der Waals surface area contributed by atoms with Gasteiger partial charge in [-0.1, -0.05) is 19.4 Å². The predicted molar refractivity (Wildman–Crippen MR) is 112 cm³/mol. The number of nitrogens with two attached hydrogens (primary N) is 1. The van der Waals surface area contributed by atoms with Gasteiger partial charge in [0.1, 0.15) is 5.52 Å². The van der Waals surface area contributed by atoms with E-state index in [1.165, 1.54) is 15.2 Å². The molecule has 0 fully saturated rings. The van der Waals surface area contributed by atoms with E-state index >= 15 is 0 Å². The number of aryl methyl sites for hydroxylation is 1. The Hall–Kier alpha value is -1.92. The Balaban J connectivity index is 1.73. The minimum atomic E-state index is 0.538. The Morgan fingerprint density at radius 1 is 1.35 bits per heavy atom. The van der Waals surface area contributed by atoms with Crippen molar-refractivity contribution in [3.05, 3.63) is 23.2 Å². The highest BCUT2D eigenvalue weighted by molar-refractivity contribution is 7.21. The lowest BCUT2D eigenvalue weighted by Gasteiger charge is -2.29. The van der Waals surface area contributed by atoms with Gasteiger partial charge in [0.15, 0.2) is 5.82 Å². The van der Waals surface area contributed by atoms with Crippen LogP contribution >= 0.6 is 11.3 Å². The number of hydrogen-bond acceptors (Lipinski definition) is 5. The quantitative estimate of drug-likeness (QED) is 0.718. The van der Waals surface area contributed by atoms with Gasteiger partial charge < -0.3 is 5.73 Å². The average Bonchev–Trinajstić information content (AvgIpc) is 3.24. The lowest BCUT2D eigenvalue weighted by Crippen LogP contribution is -2.34. The fraction of sp³-hybridized carbons (Fsp3) is 0.500. The molecule has 0 saturated heterocycles. The lowest BCUT2D eigenvalue weighted by atomic mass is 10.1. The summed E-state index contributed by atoms with van der Waals surface area (Å²) in [4.78, 5) is 8.46. The van der Waals surface area contributed by atoms with Crippen molar-refractivity contribution in [2.45, 2.75) is 52.6 Å². The number of hydrogen-bond donors (Lipinski definition) is 1. The van der Waals surface area contributed by atoms with Gasteiger partial charge >= 0.3 is 0 Å². The molecule has 0 bridgehead atoms. The number of nitrogen functional groups attached to an aromatic ring is 1. The lowest BCUT2D eigenvalue weighted by molar-refractivity contribution is 0.245. The van der Waals surface area contributed by atoms with E-state index in [1.807, 2.05) is 16.0 Å². The molecule has 0 unspecified atom stereocenters. The Bertz CT molecular complexity index is 966. The Morgan fingerprint density at radius 3 is 2.88 bits per heavy atom. The molecule has 0 radical (unpaired) electrons. The molecule has 4 heterocycles. The molecular weight excluding hydrogens is 342 g/mol. The molecular formula is C20H27N5S. The fourth-order valence-corrected chi connectivity index (χ4v) is 4.76. The topological polar surface area (TPSA) is 60.0 Å². The van der Waals surface area contributed by atoms with E-state index in [0.717, 1.165) is 55.3 Å². The summed E-state index contributed by atoms with van der Waals surface area (Å²) >= 11 is 1.83. The zero-order valence-corrected chi connectivity index (χ0v) is 16.6. The molecule has 1 aliphatic heterocycles. The Kier molecular flexibility index (Phi) is 4.71. The molecule has 0 aromatic carbocycles. The third kappa shape index (κ3) is 3.12. The first kappa shape index (κ1) is 17.5. The van der Waals surface area contributed by atoms with Crippen LogP contribution in [0, 0.1) is 0 Å². The minimum absolute atomic E-state index is 0.538. The van der Waals surface area contributed by atoms with Gasteiger partial charge in [-0.15, -0.1) is 11.3 Å². The van der Waals surface area contributed by atoms with Crippen molar-refractivity contribution in [1.82, 2.24) is 19.7 Å². The maximum absolute atomic E-state index is 6.20. The molecule has 138 valence electrons. The SMILES string of the molecule is CCCCn1cc2c(n1)c(N)nc1cc(C3=CCN(C(C)C)CC3)sc12. The minimum Gasteiger partial charge on any atom is -0.382 e. The molecule has 0 aliphatic carbocycles. The zero-order chi connectivity index (χ0) is 18.3. The average molecular weight is 370 g/mol. The highest BCUT2D eigenvalue weighted by Crippen LogP contribution is 2.37. The van der Waals surface area contributed by atoms with Gasteiger partial charge in [-0.25, -0.2) is 4.98 Å². The van der Waals surface area contributed by atoms with Gasteiger partial charge in [0.25, 0.3) is 0 Å². The van der Waals surface area contributed by atoms with Crippen LogP contribution in [0.3, 0.4) is 0 Å². The summed E-state index contributed by atoms with van der Waals surface area (Å²) in [5, 5.41) is 5.80. The molecule has 0 atom stereocenters. The van der Waals surface area contributed by atoms with Crippen LogP contribution in [-0.2, 0) is 6.54 Å². The van der Waals surface area contributed by atoms with Gasteiger partial charge in [-0.2, -0.15) is 5.10 Å². The van der Waals surface area contributed by atoms with E-state index in [4.69, 9.17) is 5.73 Å². The van der Waals surface area contributed by atoms with Crippen molar-refractivity contribution >= 4 is 43.8 Å². The molecule has 0 spiro atoms. The van der Waals surface area contributed by atoms with Crippen LogP contribution in [-0.4, -0.2) is 38.8 Å². The molecule has 3 aromatic heterocycles. The van der Waals surface area contributed by atoms with Crippen molar-refractivity contribution in [2.75, 3.05) is 18.8 Å². The predicted octanol–water partition coefficient (Wildman–Crippen LogP) is 4.53. The second-order valence-corrected chi connectivity index (χ2v) is 8.45. The first-order valence-electron chi connectivity index (χ1n) is 9.56. The van der Waals surface area contributed by atoms with Crippen LogP contribution in [0.25, 0.3) is 26.7 Å². The number of thiophene rings is 1. The second kappa shape index (κ2) is 7.00. The van der Waals surface area contributed by atoms with Crippen molar-refractivity contribution in [3.63, 3.8) is 0 Å². The first-order chi connectivity index (χ1) is 12.6. The van der Waals surface area contributed by atoms with Crippen LogP contribution in [0.5, 0.6) is 0 Å². The van der Waals surface area contributed by atoms with E-state index in [-0.39, 0.29) is 0 Å². The van der Waals surface area contributed by atoms with Crippen molar-refractivity contribution in [3.8, 4) is 0 Å². The van der Waals surface area contributed by atoms with Crippen LogP contribution < -0.4 is 5.73 Å². The summed E-state index contributed by atoms with van der Waals surface area (Å²) in [6, 6.07) is 2.81. The molecule has 4 rings (SSSR count). The fourth-order valence-electron chi connectivity index (χ4n) is 3.59. The molecule has 6 heteroatoms. The van der Waals surface area contributed by atoms with E-state index < -0.39 is 0 Å². The third-order valence-electron chi connectivity index (χ3n) is 5.23. The van der Waals surface area contributed by atoms with Gasteiger partial charge in [0, 0.05) is 42.1 Å². The summed E-state index contributed by atoms with van der Waals surface area (Å²) in [7, 11) is 0. The number of nitrogens with zero attached hydrogens (tertiary/aromatic N) is 4. The number of unbranched alkanes of at least 4 members (excludes halogenated alkanes) is 1. The summed E-state index contributed by atoms with van der Waals surface area (Å²) in [6.07, 6.45) is 7.89. The Morgan fingerprint density at radius 2 is 2.19 bits per heavy atom. The maximum atomic E-state index is 6.20. The van der Waals surface area contributed by atoms with Crippen LogP contribution in [0.1, 0.15) is 44.9 Å². The molecule has 2 N–H and O–H groups in total. The van der Waals surface area contributed by atoms with E-state index in [1.54, 1.807) is 0 Å². The summed E-state index contributed by atoms with van der Waals surface area (Å²) in [5.41, 5.74) is 9.48. The standard InChI is InChI=1S/C20H27N5S/c1-4-5-8-25-12-15-18(23-25)20(21)22-16-11-17(26-19(15)16)14-6-9-24(10-7-14)13(2)3/h6,11-13H,4-5,7-10H2,1-3H3,(H2,21,22). The molecule has 5 nitrogen and oxygen atoms in total. The Labute approximate surface area is 158 Å². The number of aromatic nitrogens is 3. The van der Waals surface area contributed by atoms with E-state index in [9.17, 15) is 0 Å². The van der Waals surface area contributed by atoms with Gasteiger partial charge in [0.2, 0.25) is 0 Å². The normalized spacial score (nSPS) is 16.1. The second-order valence-electron chi connectivity index (χ2n) is 7.40. The smallest absolute Gasteiger partial charge is 0.152 e. The zero-order valence-electron chi connectivity index (χ0n) is 15.8. The van der Waals surface area contributed by atoms with Crippen LogP contribution in [0.15, 0.2) is 18.3 Å². The van der Waals surface area contributed by atoms with Gasteiger partial charge in [-0.3, -0.25) is 9.58 Å². The van der Waals surface area contributed by atoms with Gasteiger partial charge in [-0.05, 0) is 38.3 Å². The number of fused-ring (bicyclic) bond motifs is 3. The summed E-state index contributed by atoms with van der Waals surface area (Å²) in [5.74, 6) is 0.538. The first-order valence-corrected chi connectivity index (χ1v) is 10.4. The van der Waals surface area contributed by atoms with Crippen molar-refractivity contribution in [1.29, 1.82) is 0 Å². The maximum Gasteiger partial charge on any atom is 0.152 e. The molecule has 3 aromatic rings. The van der Waals surface area contributed by atoms with Gasteiger partial charge in [0.05, 0.1) is 10.2 Å². The third-order valence-corrected chi connectivity index (χ3v) is 6.46.